The standard InChI is InChI=1S/C13H17N3O/c1-3-11(14)9(2)12-15-13(17-16-12)10-7-5-4-6-8-10/h4-9,11H,3,14H2,1-2H3/t9?,11-/m0/s1. The lowest BCUT2D eigenvalue weighted by molar-refractivity contribution is 0.408. The molecule has 0 aliphatic heterocycles. The van der Waals surface area contributed by atoms with Crippen LogP contribution in [0.5, 0.6) is 0 Å². The Morgan fingerprint density at radius 1 is 1.29 bits per heavy atom. The Labute approximate surface area is 101 Å². The Morgan fingerprint density at radius 2 is 2.00 bits per heavy atom. The predicted octanol–water partition coefficient (Wildman–Crippen LogP) is 2.58. The summed E-state index contributed by atoms with van der Waals surface area (Å²) in [7, 11) is 0. The first-order valence-corrected chi connectivity index (χ1v) is 5.87. The van der Waals surface area contributed by atoms with E-state index in [0.717, 1.165) is 12.0 Å². The molecular formula is C13H17N3O. The molecule has 1 aromatic heterocycles. The fraction of sp³-hybridized carbons (Fsp3) is 0.385. The summed E-state index contributed by atoms with van der Waals surface area (Å²) in [6.45, 7) is 4.08. The molecule has 1 aromatic carbocycles. The van der Waals surface area contributed by atoms with Crippen LogP contribution in [0.2, 0.25) is 0 Å². The van der Waals surface area contributed by atoms with Gasteiger partial charge in [0.1, 0.15) is 0 Å². The molecule has 0 fully saturated rings. The average molecular weight is 231 g/mol. The number of hydrogen-bond donors (Lipinski definition) is 1. The highest BCUT2D eigenvalue weighted by molar-refractivity contribution is 5.52. The molecule has 2 N–H and O–H groups in total. The van der Waals surface area contributed by atoms with E-state index in [-0.39, 0.29) is 12.0 Å². The summed E-state index contributed by atoms with van der Waals surface area (Å²) < 4.78 is 5.25. The molecule has 0 aliphatic carbocycles. The van der Waals surface area contributed by atoms with Gasteiger partial charge in [-0.1, -0.05) is 37.2 Å². The van der Waals surface area contributed by atoms with Gasteiger partial charge in [0.2, 0.25) is 0 Å². The van der Waals surface area contributed by atoms with E-state index >= 15 is 0 Å². The Bertz CT molecular complexity index is 467. The summed E-state index contributed by atoms with van der Waals surface area (Å²) in [4.78, 5) is 4.39. The highest BCUT2D eigenvalue weighted by Gasteiger charge is 2.19. The van der Waals surface area contributed by atoms with E-state index < -0.39 is 0 Å². The molecule has 1 unspecified atom stereocenters. The first-order chi connectivity index (χ1) is 8.22. The quantitative estimate of drug-likeness (QED) is 0.878. The molecule has 2 atom stereocenters. The monoisotopic (exact) mass is 231 g/mol. The minimum absolute atomic E-state index is 0.0659. The lowest BCUT2D eigenvalue weighted by atomic mass is 10.0. The van der Waals surface area contributed by atoms with E-state index in [9.17, 15) is 0 Å². The van der Waals surface area contributed by atoms with Crippen molar-refractivity contribution in [2.45, 2.75) is 32.2 Å². The molecule has 0 saturated carbocycles. The van der Waals surface area contributed by atoms with Crippen molar-refractivity contribution in [3.8, 4) is 11.5 Å². The lowest BCUT2D eigenvalue weighted by Crippen LogP contribution is -2.26. The molecule has 4 heteroatoms. The van der Waals surface area contributed by atoms with Gasteiger partial charge in [-0.25, -0.2) is 0 Å². The molecule has 90 valence electrons. The number of nitrogens with two attached hydrogens (primary N) is 1. The van der Waals surface area contributed by atoms with Crippen molar-refractivity contribution in [2.24, 2.45) is 5.73 Å². The third-order valence-corrected chi connectivity index (χ3v) is 2.98. The highest BCUT2D eigenvalue weighted by atomic mass is 16.5. The van der Waals surface area contributed by atoms with Crippen LogP contribution in [0.3, 0.4) is 0 Å². The number of hydrogen-bond acceptors (Lipinski definition) is 4. The normalized spacial score (nSPS) is 14.5. The Kier molecular flexibility index (Phi) is 3.54. The van der Waals surface area contributed by atoms with Crippen LogP contribution in [0.1, 0.15) is 32.0 Å². The smallest absolute Gasteiger partial charge is 0.257 e. The highest BCUT2D eigenvalue weighted by Crippen LogP contribution is 2.21. The van der Waals surface area contributed by atoms with Crippen molar-refractivity contribution in [1.29, 1.82) is 0 Å². The molecule has 2 rings (SSSR count). The fourth-order valence-electron chi connectivity index (χ4n) is 1.66. The van der Waals surface area contributed by atoms with Crippen LogP contribution in [-0.2, 0) is 0 Å². The third kappa shape index (κ3) is 2.53. The molecule has 2 aromatic rings. The van der Waals surface area contributed by atoms with Gasteiger partial charge in [0, 0.05) is 17.5 Å². The van der Waals surface area contributed by atoms with Crippen LogP contribution < -0.4 is 5.73 Å². The predicted molar refractivity (Wildman–Crippen MR) is 66.4 cm³/mol. The van der Waals surface area contributed by atoms with Crippen molar-refractivity contribution in [2.75, 3.05) is 0 Å². The van der Waals surface area contributed by atoms with E-state index in [4.69, 9.17) is 10.3 Å². The zero-order valence-electron chi connectivity index (χ0n) is 10.1. The maximum absolute atomic E-state index is 5.97. The van der Waals surface area contributed by atoms with Crippen molar-refractivity contribution in [1.82, 2.24) is 10.1 Å². The summed E-state index contributed by atoms with van der Waals surface area (Å²) in [6.07, 6.45) is 0.899. The van der Waals surface area contributed by atoms with Crippen molar-refractivity contribution in [3.05, 3.63) is 36.2 Å². The number of rotatable bonds is 4. The van der Waals surface area contributed by atoms with Crippen LogP contribution in [-0.4, -0.2) is 16.2 Å². The second-order valence-corrected chi connectivity index (χ2v) is 4.18. The summed E-state index contributed by atoms with van der Waals surface area (Å²) in [5.41, 5.74) is 6.91. The lowest BCUT2D eigenvalue weighted by Gasteiger charge is -2.13. The number of nitrogens with zero attached hydrogens (tertiary/aromatic N) is 2. The van der Waals surface area contributed by atoms with Gasteiger partial charge in [0.05, 0.1) is 0 Å². The van der Waals surface area contributed by atoms with Crippen molar-refractivity contribution in [3.63, 3.8) is 0 Å². The first kappa shape index (κ1) is 11.8. The van der Waals surface area contributed by atoms with Crippen molar-refractivity contribution >= 4 is 0 Å². The summed E-state index contributed by atoms with van der Waals surface area (Å²) in [6, 6.07) is 9.80. The molecule has 0 bridgehead atoms. The summed E-state index contributed by atoms with van der Waals surface area (Å²) in [5.74, 6) is 1.34. The van der Waals surface area contributed by atoms with Gasteiger partial charge >= 0.3 is 0 Å². The van der Waals surface area contributed by atoms with E-state index in [1.54, 1.807) is 0 Å². The van der Waals surface area contributed by atoms with Gasteiger partial charge in [0.25, 0.3) is 5.89 Å². The molecule has 1 heterocycles. The topological polar surface area (TPSA) is 64.9 Å². The fourth-order valence-corrected chi connectivity index (χ4v) is 1.66. The Morgan fingerprint density at radius 3 is 2.65 bits per heavy atom. The molecule has 0 amide bonds. The van der Waals surface area contributed by atoms with E-state index in [1.165, 1.54) is 0 Å². The minimum Gasteiger partial charge on any atom is -0.334 e. The Hall–Kier alpha value is -1.68. The van der Waals surface area contributed by atoms with Gasteiger partial charge in [-0.15, -0.1) is 0 Å². The molecule has 0 spiro atoms. The van der Waals surface area contributed by atoms with Gasteiger partial charge in [-0.2, -0.15) is 4.98 Å². The zero-order valence-corrected chi connectivity index (χ0v) is 10.1. The molecule has 17 heavy (non-hydrogen) atoms. The SMILES string of the molecule is CC[C@H](N)C(C)c1noc(-c2ccccc2)n1. The van der Waals surface area contributed by atoms with Crippen LogP contribution in [0.25, 0.3) is 11.5 Å². The summed E-state index contributed by atoms with van der Waals surface area (Å²) in [5, 5.41) is 4.00. The third-order valence-electron chi connectivity index (χ3n) is 2.98. The summed E-state index contributed by atoms with van der Waals surface area (Å²) >= 11 is 0. The molecular weight excluding hydrogens is 214 g/mol. The first-order valence-electron chi connectivity index (χ1n) is 5.87. The van der Waals surface area contributed by atoms with Crippen LogP contribution in [0.15, 0.2) is 34.9 Å². The van der Waals surface area contributed by atoms with Gasteiger partial charge < -0.3 is 10.3 Å². The maximum Gasteiger partial charge on any atom is 0.257 e. The second-order valence-electron chi connectivity index (χ2n) is 4.18. The van der Waals surface area contributed by atoms with Crippen molar-refractivity contribution < 1.29 is 4.52 Å². The molecule has 4 nitrogen and oxygen atoms in total. The van der Waals surface area contributed by atoms with Crippen LogP contribution in [0, 0.1) is 0 Å². The van der Waals surface area contributed by atoms with E-state index in [2.05, 4.69) is 17.1 Å². The molecule has 0 aliphatic rings. The minimum atomic E-state index is 0.0659. The van der Waals surface area contributed by atoms with Gasteiger partial charge in [-0.3, -0.25) is 0 Å². The molecule has 0 saturated heterocycles. The Balaban J connectivity index is 2.22. The van der Waals surface area contributed by atoms with Gasteiger partial charge in [-0.05, 0) is 18.6 Å². The van der Waals surface area contributed by atoms with E-state index in [1.807, 2.05) is 37.3 Å². The zero-order chi connectivity index (χ0) is 12.3. The largest absolute Gasteiger partial charge is 0.334 e. The number of aromatic nitrogens is 2. The second kappa shape index (κ2) is 5.10. The van der Waals surface area contributed by atoms with Gasteiger partial charge in [0.15, 0.2) is 5.82 Å². The van der Waals surface area contributed by atoms with Crippen LogP contribution in [0.4, 0.5) is 0 Å². The van der Waals surface area contributed by atoms with Crippen LogP contribution >= 0.6 is 0 Å². The number of benzene rings is 1. The maximum atomic E-state index is 5.97. The average Bonchev–Trinajstić information content (AvgIpc) is 2.87. The van der Waals surface area contributed by atoms with E-state index in [0.29, 0.717) is 11.7 Å². The molecule has 0 radical (unpaired) electrons.